The molecule has 0 spiro atoms. The molecule has 2 amide bonds. The minimum absolute atomic E-state index is 0.0669. The van der Waals surface area contributed by atoms with E-state index < -0.39 is 20.0 Å². The Kier molecular flexibility index (Phi) is 9.77. The van der Waals surface area contributed by atoms with Crippen molar-refractivity contribution in [2.45, 2.75) is 23.6 Å². The molecule has 0 radical (unpaired) electrons. The number of rotatable bonds is 8. The minimum Gasteiger partial charge on any atom is -0.326 e. The van der Waals surface area contributed by atoms with Crippen molar-refractivity contribution in [2.75, 3.05) is 20.1 Å². The zero-order valence-electron chi connectivity index (χ0n) is 21.1. The van der Waals surface area contributed by atoms with Crippen molar-refractivity contribution in [3.63, 3.8) is 0 Å². The van der Waals surface area contributed by atoms with Crippen LogP contribution in [0.5, 0.6) is 0 Å². The third-order valence-corrected chi connectivity index (χ3v) is 7.32. The predicted molar refractivity (Wildman–Crippen MR) is 147 cm³/mol. The summed E-state index contributed by atoms with van der Waals surface area (Å²) in [5, 5.41) is 5.11. The van der Waals surface area contributed by atoms with Gasteiger partial charge >= 0.3 is 0 Å². The van der Waals surface area contributed by atoms with Crippen LogP contribution in [-0.4, -0.2) is 48.6 Å². The van der Waals surface area contributed by atoms with Gasteiger partial charge in [-0.15, -0.1) is 0 Å². The van der Waals surface area contributed by atoms with E-state index in [0.717, 1.165) is 0 Å². The lowest BCUT2D eigenvalue weighted by atomic mass is 10.3. The topological polar surface area (TPSA) is 202 Å². The molecule has 0 aliphatic rings. The molecule has 14 nitrogen and oxygen atoms in total. The Bertz CT molecular complexity index is 1530. The van der Waals surface area contributed by atoms with Crippen LogP contribution in [0.15, 0.2) is 95.5 Å². The average molecular weight is 585 g/mol. The fraction of sp³-hybridized carbons (Fsp3) is 0.0833. The first-order valence-electron chi connectivity index (χ1n) is 11.3. The maximum absolute atomic E-state index is 12.1. The Morgan fingerprint density at radius 2 is 0.925 bits per heavy atom. The minimum atomic E-state index is -3.72. The first-order valence-corrected chi connectivity index (χ1v) is 14.2. The highest BCUT2D eigenvalue weighted by molar-refractivity contribution is 7.93. The van der Waals surface area contributed by atoms with Gasteiger partial charge in [0.25, 0.3) is 20.0 Å². The van der Waals surface area contributed by atoms with E-state index in [1.165, 1.54) is 99.6 Å². The average Bonchev–Trinajstić information content (AvgIpc) is 2.90. The number of anilines is 4. The zero-order valence-corrected chi connectivity index (χ0v) is 22.8. The second kappa shape index (κ2) is 13.2. The molecule has 0 unspecified atom stereocenters. The second-order valence-electron chi connectivity index (χ2n) is 7.80. The highest BCUT2D eigenvalue weighted by atomic mass is 32.2. The Labute approximate surface area is 230 Å². The van der Waals surface area contributed by atoms with Crippen LogP contribution in [0, 0.1) is 0 Å². The predicted octanol–water partition coefficient (Wildman–Crippen LogP) is 2.47. The largest absolute Gasteiger partial charge is 0.326 e. The Hall–Kier alpha value is -4.96. The van der Waals surface area contributed by atoms with Crippen LogP contribution in [-0.2, 0) is 29.6 Å². The quantitative estimate of drug-likeness (QED) is 0.238. The van der Waals surface area contributed by atoms with Gasteiger partial charge in [-0.25, -0.2) is 26.8 Å². The highest BCUT2D eigenvalue weighted by Crippen LogP contribution is 2.18. The van der Waals surface area contributed by atoms with Crippen LogP contribution in [0.4, 0.5) is 23.0 Å². The van der Waals surface area contributed by atoms with Crippen LogP contribution < -0.4 is 20.1 Å². The second-order valence-corrected chi connectivity index (χ2v) is 11.2. The third-order valence-electron chi connectivity index (χ3n) is 4.57. The van der Waals surface area contributed by atoms with Gasteiger partial charge in [0.15, 0.2) is 11.6 Å². The number of carbonyl (C=O) groups excluding carboxylic acids is 2. The van der Waals surface area contributed by atoms with E-state index in [0.29, 0.717) is 11.4 Å². The van der Waals surface area contributed by atoms with Crippen LogP contribution >= 0.6 is 0 Å². The van der Waals surface area contributed by atoms with Crippen molar-refractivity contribution in [3.8, 4) is 0 Å². The van der Waals surface area contributed by atoms with Gasteiger partial charge in [-0.1, -0.05) is 0 Å². The molecular weight excluding hydrogens is 560 g/mol. The zero-order chi connectivity index (χ0) is 29.2. The summed E-state index contributed by atoms with van der Waals surface area (Å²) in [4.78, 5) is 37.1. The fourth-order valence-corrected chi connectivity index (χ4v) is 4.92. The Morgan fingerprint density at radius 1 is 0.575 bits per heavy atom. The maximum Gasteiger partial charge on any atom is 0.263 e. The summed E-state index contributed by atoms with van der Waals surface area (Å²) >= 11 is 0. The highest BCUT2D eigenvalue weighted by Gasteiger charge is 2.16. The molecule has 0 fully saturated rings. The van der Waals surface area contributed by atoms with Gasteiger partial charge in [-0.05, 0) is 48.5 Å². The number of sulfonamides is 2. The lowest BCUT2D eigenvalue weighted by Crippen LogP contribution is -2.14. The molecule has 208 valence electrons. The molecule has 0 bridgehead atoms. The monoisotopic (exact) mass is 584 g/mol. The normalized spacial score (nSPS) is 10.8. The van der Waals surface area contributed by atoms with Crippen molar-refractivity contribution < 1.29 is 26.4 Å². The molecule has 4 rings (SSSR count). The molecule has 0 aliphatic heterocycles. The smallest absolute Gasteiger partial charge is 0.263 e. The van der Waals surface area contributed by atoms with Crippen LogP contribution in [0.3, 0.4) is 0 Å². The lowest BCUT2D eigenvalue weighted by molar-refractivity contribution is -0.115. The van der Waals surface area contributed by atoms with Crippen LogP contribution in [0.1, 0.15) is 13.8 Å². The van der Waals surface area contributed by atoms with E-state index >= 15 is 0 Å². The van der Waals surface area contributed by atoms with Crippen molar-refractivity contribution in [1.82, 2.24) is 19.9 Å². The summed E-state index contributed by atoms with van der Waals surface area (Å²) in [5.74, 6) is -0.173. The van der Waals surface area contributed by atoms with E-state index in [-0.39, 0.29) is 33.2 Å². The molecule has 40 heavy (non-hydrogen) atoms. The van der Waals surface area contributed by atoms with Crippen molar-refractivity contribution in [3.05, 3.63) is 85.7 Å². The number of nitrogens with zero attached hydrogens (tertiary/aromatic N) is 4. The summed E-state index contributed by atoms with van der Waals surface area (Å²) in [6, 6.07) is 11.6. The van der Waals surface area contributed by atoms with E-state index in [9.17, 15) is 26.4 Å². The molecule has 0 saturated carbocycles. The number of hydrogen-bond acceptors (Lipinski definition) is 10. The summed E-state index contributed by atoms with van der Waals surface area (Å²) < 4.78 is 52.9. The number of carbonyl (C=O) groups is 2. The SMILES string of the molecule is CC(=O)Nc1ccc(S(=O)(=O)Nc2cnccn2)cc1.CC(=O)Nc1ccc(S(=O)(=O)Nc2cnccn2)cc1. The van der Waals surface area contributed by atoms with E-state index in [1.807, 2.05) is 0 Å². The first kappa shape index (κ1) is 29.6. The van der Waals surface area contributed by atoms with Gasteiger partial charge in [0.1, 0.15) is 0 Å². The van der Waals surface area contributed by atoms with E-state index in [2.05, 4.69) is 40.0 Å². The number of nitrogens with one attached hydrogen (secondary N) is 4. The standard InChI is InChI=1S/2C12H12N4O3S/c2*1-9(17)15-10-2-4-11(5-3-10)20(18,19)16-12-8-13-6-7-14-12/h2*2-8H,1H3,(H,14,16)(H,15,17). The van der Waals surface area contributed by atoms with Crippen molar-refractivity contribution >= 4 is 54.9 Å². The molecular formula is C24H24N8O6S2. The lowest BCUT2D eigenvalue weighted by Gasteiger charge is -2.07. The number of benzene rings is 2. The molecule has 0 saturated heterocycles. The molecule has 16 heteroatoms. The molecule has 4 N–H and O–H groups in total. The summed E-state index contributed by atoms with van der Waals surface area (Å²) in [6.07, 6.45) is 8.28. The third kappa shape index (κ3) is 9.10. The number of amides is 2. The molecule has 2 heterocycles. The van der Waals surface area contributed by atoms with E-state index in [4.69, 9.17) is 0 Å². The Morgan fingerprint density at radius 3 is 1.20 bits per heavy atom. The van der Waals surface area contributed by atoms with Gasteiger partial charge in [-0.2, -0.15) is 0 Å². The number of hydrogen-bond donors (Lipinski definition) is 4. The molecule has 0 atom stereocenters. The van der Waals surface area contributed by atoms with Gasteiger partial charge in [0, 0.05) is 50.0 Å². The molecule has 4 aromatic rings. The summed E-state index contributed by atoms with van der Waals surface area (Å²) in [5.41, 5.74) is 1.05. The van der Waals surface area contributed by atoms with Gasteiger partial charge in [0.05, 0.1) is 22.2 Å². The van der Waals surface area contributed by atoms with E-state index in [1.54, 1.807) is 0 Å². The van der Waals surface area contributed by atoms with Crippen LogP contribution in [0.25, 0.3) is 0 Å². The van der Waals surface area contributed by atoms with Gasteiger partial charge in [-0.3, -0.25) is 29.0 Å². The fourth-order valence-electron chi connectivity index (χ4n) is 2.94. The Balaban J connectivity index is 0.000000220. The van der Waals surface area contributed by atoms with Crippen molar-refractivity contribution in [2.24, 2.45) is 0 Å². The molecule has 2 aromatic carbocycles. The number of aromatic nitrogens is 4. The summed E-state index contributed by atoms with van der Waals surface area (Å²) in [6.45, 7) is 2.75. The summed E-state index contributed by atoms with van der Waals surface area (Å²) in [7, 11) is -7.45. The molecule has 0 aliphatic carbocycles. The molecule has 2 aromatic heterocycles. The first-order chi connectivity index (χ1) is 18.9. The van der Waals surface area contributed by atoms with Gasteiger partial charge in [0.2, 0.25) is 11.8 Å². The maximum atomic E-state index is 12.1. The van der Waals surface area contributed by atoms with Gasteiger partial charge < -0.3 is 10.6 Å². The van der Waals surface area contributed by atoms with Crippen LogP contribution in [0.2, 0.25) is 0 Å². The van der Waals surface area contributed by atoms with Crippen molar-refractivity contribution in [1.29, 1.82) is 0 Å².